The molecule has 1 atom stereocenters. The average Bonchev–Trinajstić information content (AvgIpc) is 2.87. The number of halogens is 1. The lowest BCUT2D eigenvalue weighted by Crippen LogP contribution is -2.10. The van der Waals surface area contributed by atoms with Crippen molar-refractivity contribution in [3.8, 4) is 0 Å². The largest absolute Gasteiger partial charge is 0.416 e. The van der Waals surface area contributed by atoms with Crippen LogP contribution in [0.2, 0.25) is 0 Å². The molecule has 2 aromatic rings. The van der Waals surface area contributed by atoms with E-state index in [1.807, 2.05) is 0 Å². The number of carbonyl (C=O) groups is 1. The number of anilines is 1. The molecule has 1 unspecified atom stereocenters. The third-order valence-electron chi connectivity index (χ3n) is 2.61. The molecule has 1 aromatic heterocycles. The van der Waals surface area contributed by atoms with Gasteiger partial charge in [0.05, 0.1) is 4.90 Å². The van der Waals surface area contributed by atoms with E-state index in [1.54, 1.807) is 6.92 Å². The van der Waals surface area contributed by atoms with Crippen LogP contribution in [0, 0.1) is 12.7 Å². The van der Waals surface area contributed by atoms with Crippen LogP contribution in [0.3, 0.4) is 0 Å². The van der Waals surface area contributed by atoms with Crippen LogP contribution in [0.4, 0.5) is 10.1 Å². The lowest BCUT2D eigenvalue weighted by atomic mass is 10.1. The molecule has 0 fully saturated rings. The van der Waals surface area contributed by atoms with Gasteiger partial charge < -0.3 is 14.8 Å². The Labute approximate surface area is 111 Å². The van der Waals surface area contributed by atoms with E-state index in [1.165, 1.54) is 6.07 Å². The van der Waals surface area contributed by atoms with Gasteiger partial charge >= 0.3 is 0 Å². The zero-order chi connectivity index (χ0) is 13.6. The van der Waals surface area contributed by atoms with Crippen LogP contribution in [0.15, 0.2) is 26.7 Å². The van der Waals surface area contributed by atoms with Crippen LogP contribution >= 0.6 is 11.8 Å². The first-order valence-corrected chi connectivity index (χ1v) is 6.16. The number of rotatable bonds is 2. The van der Waals surface area contributed by atoms with E-state index < -0.39 is 17.8 Å². The number of hydrogen-bond acceptors (Lipinski definition) is 6. The van der Waals surface area contributed by atoms with Crippen molar-refractivity contribution in [1.82, 2.24) is 10.2 Å². The average molecular weight is 281 g/mol. The number of aryl methyl sites for hydroxylation is 1. The number of aliphatic hydroxyl groups is 1. The summed E-state index contributed by atoms with van der Waals surface area (Å²) in [6.07, 6.45) is -1.32. The predicted octanol–water partition coefficient (Wildman–Crippen LogP) is 1.65. The van der Waals surface area contributed by atoms with Gasteiger partial charge in [0.15, 0.2) is 6.10 Å². The summed E-state index contributed by atoms with van der Waals surface area (Å²) in [6.45, 7) is 1.63. The fraction of sp³-hybridized carbons (Fsp3) is 0.182. The van der Waals surface area contributed by atoms with Crippen molar-refractivity contribution in [3.63, 3.8) is 0 Å². The highest BCUT2D eigenvalue weighted by Gasteiger charge is 2.30. The van der Waals surface area contributed by atoms with E-state index in [-0.39, 0.29) is 15.7 Å². The van der Waals surface area contributed by atoms with E-state index in [0.29, 0.717) is 11.6 Å². The SMILES string of the molecule is Cc1nnc(Sc2cc3c(cc2F)C(O)C(=O)N3)o1. The van der Waals surface area contributed by atoms with E-state index in [4.69, 9.17) is 4.42 Å². The third-order valence-corrected chi connectivity index (χ3v) is 3.48. The van der Waals surface area contributed by atoms with Gasteiger partial charge in [0.1, 0.15) is 5.82 Å². The van der Waals surface area contributed by atoms with Crippen LogP contribution in [0.1, 0.15) is 17.6 Å². The predicted molar refractivity (Wildman–Crippen MR) is 63.1 cm³/mol. The molecule has 98 valence electrons. The molecule has 2 heterocycles. The molecular weight excluding hydrogens is 273 g/mol. The summed E-state index contributed by atoms with van der Waals surface area (Å²) < 4.78 is 19.0. The first-order chi connectivity index (χ1) is 9.04. The summed E-state index contributed by atoms with van der Waals surface area (Å²) in [5, 5.41) is 19.6. The molecule has 6 nitrogen and oxygen atoms in total. The number of carbonyl (C=O) groups excluding carboxylic acids is 1. The minimum absolute atomic E-state index is 0.209. The summed E-state index contributed by atoms with van der Waals surface area (Å²) in [5.74, 6) is -0.742. The lowest BCUT2D eigenvalue weighted by Gasteiger charge is -2.04. The number of nitrogens with one attached hydrogen (secondary N) is 1. The topological polar surface area (TPSA) is 88.2 Å². The number of fused-ring (bicyclic) bond motifs is 1. The Kier molecular flexibility index (Phi) is 2.76. The monoisotopic (exact) mass is 281 g/mol. The molecule has 0 radical (unpaired) electrons. The van der Waals surface area contributed by atoms with Crippen LogP contribution in [-0.2, 0) is 4.79 Å². The first-order valence-electron chi connectivity index (χ1n) is 5.35. The molecular formula is C11H8FN3O3S. The second-order valence-electron chi connectivity index (χ2n) is 3.95. The number of aliphatic hydroxyl groups excluding tert-OH is 1. The second kappa shape index (κ2) is 4.32. The van der Waals surface area contributed by atoms with Crippen LogP contribution < -0.4 is 5.32 Å². The summed E-state index contributed by atoms with van der Waals surface area (Å²) in [6, 6.07) is 2.56. The molecule has 3 rings (SSSR count). The third kappa shape index (κ3) is 2.08. The highest BCUT2D eigenvalue weighted by atomic mass is 32.2. The van der Waals surface area contributed by atoms with Gasteiger partial charge in [0, 0.05) is 18.2 Å². The Hall–Kier alpha value is -1.93. The zero-order valence-electron chi connectivity index (χ0n) is 9.68. The fourth-order valence-corrected chi connectivity index (χ4v) is 2.50. The summed E-state index contributed by atoms with van der Waals surface area (Å²) in [7, 11) is 0. The van der Waals surface area contributed by atoms with Crippen molar-refractivity contribution in [3.05, 3.63) is 29.4 Å². The van der Waals surface area contributed by atoms with E-state index in [2.05, 4.69) is 15.5 Å². The molecule has 8 heteroatoms. The molecule has 0 saturated carbocycles. The van der Waals surface area contributed by atoms with Gasteiger partial charge in [0.25, 0.3) is 11.1 Å². The highest BCUT2D eigenvalue weighted by Crippen LogP contribution is 2.37. The lowest BCUT2D eigenvalue weighted by molar-refractivity contribution is -0.123. The van der Waals surface area contributed by atoms with Crippen LogP contribution in [-0.4, -0.2) is 21.2 Å². The normalized spacial score (nSPS) is 17.4. The van der Waals surface area contributed by atoms with Gasteiger partial charge in [-0.15, -0.1) is 10.2 Å². The molecule has 0 spiro atoms. The van der Waals surface area contributed by atoms with E-state index >= 15 is 0 Å². The van der Waals surface area contributed by atoms with Crippen molar-refractivity contribution in [1.29, 1.82) is 0 Å². The molecule has 1 aliphatic heterocycles. The fourth-order valence-electron chi connectivity index (χ4n) is 1.74. The van der Waals surface area contributed by atoms with Gasteiger partial charge in [-0.2, -0.15) is 0 Å². The van der Waals surface area contributed by atoms with Crippen LogP contribution in [0.5, 0.6) is 0 Å². The zero-order valence-corrected chi connectivity index (χ0v) is 10.5. The van der Waals surface area contributed by atoms with Crippen molar-refractivity contribution in [2.45, 2.75) is 23.1 Å². The van der Waals surface area contributed by atoms with Crippen molar-refractivity contribution in [2.75, 3.05) is 5.32 Å². The van der Waals surface area contributed by atoms with Gasteiger partial charge in [0.2, 0.25) is 5.89 Å². The second-order valence-corrected chi connectivity index (χ2v) is 4.94. The Morgan fingerprint density at radius 2 is 2.26 bits per heavy atom. The van der Waals surface area contributed by atoms with Gasteiger partial charge in [-0.1, -0.05) is 0 Å². The number of nitrogens with zero attached hydrogens (tertiary/aromatic N) is 2. The summed E-state index contributed by atoms with van der Waals surface area (Å²) >= 11 is 0.955. The molecule has 1 aromatic carbocycles. The van der Waals surface area contributed by atoms with Crippen molar-refractivity contribution in [2.24, 2.45) is 0 Å². The minimum atomic E-state index is -1.32. The first kappa shape index (κ1) is 12.1. The Morgan fingerprint density at radius 1 is 1.47 bits per heavy atom. The molecule has 1 amide bonds. The Morgan fingerprint density at radius 3 is 2.95 bits per heavy atom. The van der Waals surface area contributed by atoms with Crippen molar-refractivity contribution < 1.29 is 18.7 Å². The maximum absolute atomic E-state index is 13.9. The van der Waals surface area contributed by atoms with Crippen molar-refractivity contribution >= 4 is 23.4 Å². The molecule has 0 saturated heterocycles. The number of benzene rings is 1. The van der Waals surface area contributed by atoms with Gasteiger partial charge in [-0.3, -0.25) is 4.79 Å². The molecule has 1 aliphatic rings. The number of aromatic nitrogens is 2. The molecule has 0 bridgehead atoms. The van der Waals surface area contributed by atoms with E-state index in [9.17, 15) is 14.3 Å². The Bertz CT molecular complexity index is 673. The molecule has 2 N–H and O–H groups in total. The molecule has 19 heavy (non-hydrogen) atoms. The standard InChI is InChI=1S/C11H8FN3O3S/c1-4-14-15-11(18-4)19-8-3-7-5(2-6(8)12)9(16)10(17)13-7/h2-3,9,16H,1H3,(H,13,17). The number of amides is 1. The highest BCUT2D eigenvalue weighted by molar-refractivity contribution is 7.99. The van der Waals surface area contributed by atoms with Gasteiger partial charge in [-0.05, 0) is 23.9 Å². The molecule has 0 aliphatic carbocycles. The van der Waals surface area contributed by atoms with Gasteiger partial charge in [-0.25, -0.2) is 4.39 Å². The van der Waals surface area contributed by atoms with E-state index in [0.717, 1.165) is 17.8 Å². The van der Waals surface area contributed by atoms with Crippen LogP contribution in [0.25, 0.3) is 0 Å². The summed E-state index contributed by atoms with van der Waals surface area (Å²) in [4.78, 5) is 11.5. The smallest absolute Gasteiger partial charge is 0.281 e. The quantitative estimate of drug-likeness (QED) is 0.870. The Balaban J connectivity index is 1.96. The summed E-state index contributed by atoms with van der Waals surface area (Å²) in [5.41, 5.74) is 0.617. The minimum Gasteiger partial charge on any atom is -0.416 e. The maximum atomic E-state index is 13.9. The number of hydrogen-bond donors (Lipinski definition) is 2. The maximum Gasteiger partial charge on any atom is 0.281 e.